The van der Waals surface area contributed by atoms with Gasteiger partial charge in [0.25, 0.3) is 0 Å². The molecule has 2 N–H and O–H groups in total. The van der Waals surface area contributed by atoms with Gasteiger partial charge in [-0.05, 0) is 31.0 Å². The maximum absolute atomic E-state index is 6.23. The maximum Gasteiger partial charge on any atom is 0.179 e. The van der Waals surface area contributed by atoms with Crippen LogP contribution < -0.4 is 15.2 Å². The zero-order valence-electron chi connectivity index (χ0n) is 11.9. The number of halogens is 1. The van der Waals surface area contributed by atoms with Crippen LogP contribution in [0.15, 0.2) is 12.1 Å². The molecule has 1 rings (SSSR count). The molecule has 0 saturated heterocycles. The van der Waals surface area contributed by atoms with Gasteiger partial charge in [-0.25, -0.2) is 0 Å². The highest BCUT2D eigenvalue weighted by molar-refractivity contribution is 6.32. The largest absolute Gasteiger partial charge is 0.490 e. The van der Waals surface area contributed by atoms with Crippen molar-refractivity contribution >= 4 is 11.6 Å². The van der Waals surface area contributed by atoms with Gasteiger partial charge in [0, 0.05) is 6.54 Å². The van der Waals surface area contributed by atoms with Gasteiger partial charge >= 0.3 is 0 Å². The first kappa shape index (κ1) is 16.1. The molecule has 19 heavy (non-hydrogen) atoms. The van der Waals surface area contributed by atoms with E-state index in [1.54, 1.807) is 0 Å². The molecule has 0 atom stereocenters. The smallest absolute Gasteiger partial charge is 0.179 e. The normalized spacial score (nSPS) is 10.5. The Morgan fingerprint density at radius 2 is 1.89 bits per heavy atom. The van der Waals surface area contributed by atoms with Crippen LogP contribution in [0.2, 0.25) is 5.02 Å². The Bertz CT molecular complexity index is 383. The summed E-state index contributed by atoms with van der Waals surface area (Å²) in [5.41, 5.74) is 6.58. The molecule has 0 aliphatic heterocycles. The van der Waals surface area contributed by atoms with Crippen LogP contribution in [0.1, 0.15) is 45.1 Å². The SMILES string of the molecule is CCCCCCOc1c(Cl)cc(CN)cc1OCC. The number of hydrogen-bond donors (Lipinski definition) is 1. The van der Waals surface area contributed by atoms with Crippen molar-refractivity contribution in [2.45, 2.75) is 46.1 Å². The molecule has 0 aliphatic rings. The lowest BCUT2D eigenvalue weighted by Crippen LogP contribution is -2.04. The van der Waals surface area contributed by atoms with Crippen molar-refractivity contribution < 1.29 is 9.47 Å². The Morgan fingerprint density at radius 3 is 2.53 bits per heavy atom. The summed E-state index contributed by atoms with van der Waals surface area (Å²) in [7, 11) is 0. The fraction of sp³-hybridized carbons (Fsp3) is 0.600. The molecule has 0 saturated carbocycles. The van der Waals surface area contributed by atoms with Crippen LogP contribution in [0.4, 0.5) is 0 Å². The molecule has 3 nitrogen and oxygen atoms in total. The average molecular weight is 286 g/mol. The van der Waals surface area contributed by atoms with Gasteiger partial charge < -0.3 is 15.2 Å². The summed E-state index contributed by atoms with van der Waals surface area (Å²) in [6.07, 6.45) is 4.67. The predicted octanol–water partition coefficient (Wildman–Crippen LogP) is 4.16. The lowest BCUT2D eigenvalue weighted by Gasteiger charge is -2.14. The number of ether oxygens (including phenoxy) is 2. The first-order valence-electron chi connectivity index (χ1n) is 7.01. The van der Waals surface area contributed by atoms with E-state index in [0.29, 0.717) is 36.3 Å². The molecule has 0 fully saturated rings. The van der Waals surface area contributed by atoms with E-state index >= 15 is 0 Å². The summed E-state index contributed by atoms with van der Waals surface area (Å²) in [5, 5.41) is 0.571. The lowest BCUT2D eigenvalue weighted by atomic mass is 10.2. The van der Waals surface area contributed by atoms with Gasteiger partial charge in [-0.15, -0.1) is 0 Å². The topological polar surface area (TPSA) is 44.5 Å². The highest BCUT2D eigenvalue weighted by Gasteiger charge is 2.12. The van der Waals surface area contributed by atoms with E-state index in [4.69, 9.17) is 26.8 Å². The molecule has 1 aromatic rings. The van der Waals surface area contributed by atoms with Crippen LogP contribution in [0, 0.1) is 0 Å². The van der Waals surface area contributed by atoms with Gasteiger partial charge in [0.05, 0.1) is 18.2 Å². The van der Waals surface area contributed by atoms with Gasteiger partial charge in [-0.1, -0.05) is 37.8 Å². The van der Waals surface area contributed by atoms with E-state index in [0.717, 1.165) is 12.0 Å². The second kappa shape index (κ2) is 9.05. The van der Waals surface area contributed by atoms with Crippen LogP contribution >= 0.6 is 11.6 Å². The van der Waals surface area contributed by atoms with Crippen LogP contribution in [0.25, 0.3) is 0 Å². The van der Waals surface area contributed by atoms with E-state index in [1.165, 1.54) is 19.3 Å². The Kier molecular flexibility index (Phi) is 7.68. The Balaban J connectivity index is 2.68. The summed E-state index contributed by atoms with van der Waals surface area (Å²) in [5.74, 6) is 1.32. The minimum atomic E-state index is 0.441. The van der Waals surface area contributed by atoms with E-state index in [2.05, 4.69) is 6.92 Å². The molecular formula is C15H24ClNO2. The third-order valence-corrected chi connectivity index (χ3v) is 3.13. The van der Waals surface area contributed by atoms with Crippen molar-refractivity contribution in [1.82, 2.24) is 0 Å². The van der Waals surface area contributed by atoms with Crippen LogP contribution in [0.5, 0.6) is 11.5 Å². The van der Waals surface area contributed by atoms with Crippen molar-refractivity contribution in [1.29, 1.82) is 0 Å². The van der Waals surface area contributed by atoms with Gasteiger partial charge in [0.15, 0.2) is 11.5 Å². The van der Waals surface area contributed by atoms with Crippen molar-refractivity contribution in [2.75, 3.05) is 13.2 Å². The zero-order valence-corrected chi connectivity index (χ0v) is 12.6. The minimum absolute atomic E-state index is 0.441. The molecule has 0 spiro atoms. The van der Waals surface area contributed by atoms with Gasteiger partial charge in [0.1, 0.15) is 0 Å². The zero-order chi connectivity index (χ0) is 14.1. The third kappa shape index (κ3) is 5.29. The van der Waals surface area contributed by atoms with Crippen LogP contribution in [0.3, 0.4) is 0 Å². The van der Waals surface area contributed by atoms with E-state index < -0.39 is 0 Å². The van der Waals surface area contributed by atoms with Crippen LogP contribution in [-0.2, 0) is 6.54 Å². The maximum atomic E-state index is 6.23. The fourth-order valence-electron chi connectivity index (χ4n) is 1.85. The van der Waals surface area contributed by atoms with Crippen molar-refractivity contribution in [3.63, 3.8) is 0 Å². The molecule has 0 aromatic heterocycles. The molecular weight excluding hydrogens is 262 g/mol. The average Bonchev–Trinajstić information content (AvgIpc) is 2.41. The minimum Gasteiger partial charge on any atom is -0.490 e. The molecule has 4 heteroatoms. The molecule has 0 heterocycles. The van der Waals surface area contributed by atoms with E-state index in [-0.39, 0.29) is 0 Å². The number of rotatable bonds is 9. The summed E-state index contributed by atoms with van der Waals surface area (Å²) in [4.78, 5) is 0. The molecule has 0 radical (unpaired) electrons. The molecule has 0 bridgehead atoms. The van der Waals surface area contributed by atoms with E-state index in [1.807, 2.05) is 19.1 Å². The Labute approximate surface area is 121 Å². The quantitative estimate of drug-likeness (QED) is 0.693. The van der Waals surface area contributed by atoms with Gasteiger partial charge in [-0.3, -0.25) is 0 Å². The van der Waals surface area contributed by atoms with Crippen molar-refractivity contribution in [3.05, 3.63) is 22.7 Å². The number of nitrogens with two attached hydrogens (primary N) is 1. The van der Waals surface area contributed by atoms with E-state index in [9.17, 15) is 0 Å². The molecule has 0 aliphatic carbocycles. The van der Waals surface area contributed by atoms with Gasteiger partial charge in [0.2, 0.25) is 0 Å². The van der Waals surface area contributed by atoms with Crippen molar-refractivity contribution in [3.8, 4) is 11.5 Å². The molecule has 0 unspecified atom stereocenters. The monoisotopic (exact) mass is 285 g/mol. The molecule has 1 aromatic carbocycles. The second-order valence-corrected chi connectivity index (χ2v) is 4.86. The standard InChI is InChI=1S/C15H24ClNO2/c1-3-5-6-7-8-19-15-13(16)9-12(11-17)10-14(15)18-4-2/h9-10H,3-8,11,17H2,1-2H3. The Hall–Kier alpha value is -0.930. The highest BCUT2D eigenvalue weighted by atomic mass is 35.5. The number of hydrogen-bond acceptors (Lipinski definition) is 3. The summed E-state index contributed by atoms with van der Waals surface area (Å²) >= 11 is 6.23. The third-order valence-electron chi connectivity index (χ3n) is 2.85. The van der Waals surface area contributed by atoms with Crippen molar-refractivity contribution in [2.24, 2.45) is 5.73 Å². The van der Waals surface area contributed by atoms with Crippen LogP contribution in [-0.4, -0.2) is 13.2 Å². The number of benzene rings is 1. The molecule has 108 valence electrons. The predicted molar refractivity (Wildman–Crippen MR) is 80.1 cm³/mol. The summed E-state index contributed by atoms with van der Waals surface area (Å²) < 4.78 is 11.3. The highest BCUT2D eigenvalue weighted by Crippen LogP contribution is 2.36. The fourth-order valence-corrected chi connectivity index (χ4v) is 2.13. The summed E-state index contributed by atoms with van der Waals surface area (Å²) in [6, 6.07) is 3.74. The molecule has 0 amide bonds. The first-order valence-corrected chi connectivity index (χ1v) is 7.38. The Morgan fingerprint density at radius 1 is 1.11 bits per heavy atom. The summed E-state index contributed by atoms with van der Waals surface area (Å²) in [6.45, 7) is 5.82. The number of unbranched alkanes of at least 4 members (excludes halogenated alkanes) is 3. The first-order chi connectivity index (χ1) is 9.22. The van der Waals surface area contributed by atoms with Gasteiger partial charge in [-0.2, -0.15) is 0 Å². The second-order valence-electron chi connectivity index (χ2n) is 4.45. The lowest BCUT2D eigenvalue weighted by molar-refractivity contribution is 0.270.